The van der Waals surface area contributed by atoms with E-state index >= 15 is 0 Å². The van der Waals surface area contributed by atoms with Gasteiger partial charge in [-0.05, 0) is 35.7 Å². The van der Waals surface area contributed by atoms with Crippen LogP contribution in [-0.2, 0) is 19.5 Å². The van der Waals surface area contributed by atoms with Crippen LogP contribution in [0.15, 0.2) is 49.1 Å². The van der Waals surface area contributed by atoms with Crippen molar-refractivity contribution in [2.75, 3.05) is 21.3 Å². The third kappa shape index (κ3) is 4.52. The summed E-state index contributed by atoms with van der Waals surface area (Å²) in [5, 5.41) is 3.45. The number of nitrogens with one attached hydrogen (secondary N) is 1. The molecule has 128 valence electrons. The number of hydrogen-bond acceptors (Lipinski definition) is 4. The number of rotatable bonds is 9. The Bertz CT molecular complexity index is 683. The van der Waals surface area contributed by atoms with Crippen LogP contribution >= 0.6 is 0 Å². The summed E-state index contributed by atoms with van der Waals surface area (Å²) < 4.78 is 16.2. The molecule has 0 aliphatic carbocycles. The van der Waals surface area contributed by atoms with Crippen LogP contribution in [0, 0.1) is 0 Å². The molecular weight excluding hydrogens is 302 g/mol. The predicted octanol–water partition coefficient (Wildman–Crippen LogP) is 3.73. The number of methoxy groups -OCH3 is 3. The molecule has 0 saturated carbocycles. The molecule has 0 atom stereocenters. The third-order valence-corrected chi connectivity index (χ3v) is 3.77. The second kappa shape index (κ2) is 8.99. The molecule has 0 aliphatic heterocycles. The molecule has 2 rings (SSSR count). The van der Waals surface area contributed by atoms with E-state index in [0.29, 0.717) is 0 Å². The van der Waals surface area contributed by atoms with Crippen molar-refractivity contribution in [2.24, 2.45) is 0 Å². The fraction of sp³-hybridized carbons (Fsp3) is 0.300. The van der Waals surface area contributed by atoms with E-state index in [0.717, 1.165) is 47.9 Å². The minimum Gasteiger partial charge on any atom is -0.497 e. The first-order valence-corrected chi connectivity index (χ1v) is 7.90. The maximum absolute atomic E-state index is 5.47. The van der Waals surface area contributed by atoms with Gasteiger partial charge in [0.15, 0.2) is 11.5 Å². The van der Waals surface area contributed by atoms with Gasteiger partial charge >= 0.3 is 0 Å². The van der Waals surface area contributed by atoms with Gasteiger partial charge in [-0.25, -0.2) is 0 Å². The zero-order chi connectivity index (χ0) is 17.4. The summed E-state index contributed by atoms with van der Waals surface area (Å²) >= 11 is 0. The molecule has 0 fully saturated rings. The zero-order valence-electron chi connectivity index (χ0n) is 14.6. The van der Waals surface area contributed by atoms with Crippen molar-refractivity contribution >= 4 is 0 Å². The van der Waals surface area contributed by atoms with Gasteiger partial charge in [0.05, 0.1) is 21.3 Å². The number of benzene rings is 2. The first kappa shape index (κ1) is 17.9. The normalized spacial score (nSPS) is 10.3. The summed E-state index contributed by atoms with van der Waals surface area (Å²) in [5.41, 5.74) is 3.40. The Labute approximate surface area is 144 Å². The smallest absolute Gasteiger partial charge is 0.164 e. The lowest BCUT2D eigenvalue weighted by Gasteiger charge is -2.15. The summed E-state index contributed by atoms with van der Waals surface area (Å²) in [6, 6.07) is 12.2. The van der Waals surface area contributed by atoms with E-state index in [1.807, 2.05) is 30.3 Å². The molecule has 0 radical (unpaired) electrons. The van der Waals surface area contributed by atoms with Crippen LogP contribution in [0.25, 0.3) is 0 Å². The van der Waals surface area contributed by atoms with Crippen LogP contribution < -0.4 is 19.5 Å². The molecule has 0 amide bonds. The van der Waals surface area contributed by atoms with Crippen molar-refractivity contribution in [1.29, 1.82) is 0 Å². The largest absolute Gasteiger partial charge is 0.497 e. The lowest BCUT2D eigenvalue weighted by Crippen LogP contribution is -2.13. The quantitative estimate of drug-likeness (QED) is 0.712. The minimum atomic E-state index is 0.738. The lowest BCUT2D eigenvalue weighted by molar-refractivity contribution is 0.351. The molecule has 0 saturated heterocycles. The van der Waals surface area contributed by atoms with E-state index in [1.54, 1.807) is 21.3 Å². The van der Waals surface area contributed by atoms with Gasteiger partial charge in [0.2, 0.25) is 0 Å². The second-order valence-electron chi connectivity index (χ2n) is 5.44. The van der Waals surface area contributed by atoms with Gasteiger partial charge < -0.3 is 19.5 Å². The molecule has 0 aliphatic rings. The Balaban J connectivity index is 2.08. The third-order valence-electron chi connectivity index (χ3n) is 3.77. The van der Waals surface area contributed by atoms with Gasteiger partial charge in [-0.2, -0.15) is 0 Å². The van der Waals surface area contributed by atoms with Crippen LogP contribution in [0.1, 0.15) is 16.7 Å². The van der Waals surface area contributed by atoms with Crippen molar-refractivity contribution in [1.82, 2.24) is 5.32 Å². The van der Waals surface area contributed by atoms with E-state index in [4.69, 9.17) is 14.2 Å². The highest BCUT2D eigenvalue weighted by Crippen LogP contribution is 2.33. The topological polar surface area (TPSA) is 39.7 Å². The summed E-state index contributed by atoms with van der Waals surface area (Å²) in [6.45, 7) is 5.31. The fourth-order valence-corrected chi connectivity index (χ4v) is 2.65. The van der Waals surface area contributed by atoms with E-state index < -0.39 is 0 Å². The molecule has 0 spiro atoms. The SMILES string of the molecule is C=CCc1cc(CNCc2cccc(OC)c2)cc(OC)c1OC. The standard InChI is InChI=1S/C20H25NO3/c1-5-7-17-10-16(12-19(23-3)20(17)24-4)14-21-13-15-8-6-9-18(11-15)22-2/h5-6,8-12,21H,1,7,13-14H2,2-4H3. The summed E-state index contributed by atoms with van der Waals surface area (Å²) in [7, 11) is 4.99. The Morgan fingerprint density at radius 1 is 0.958 bits per heavy atom. The molecule has 4 nitrogen and oxygen atoms in total. The zero-order valence-corrected chi connectivity index (χ0v) is 14.6. The van der Waals surface area contributed by atoms with Crippen molar-refractivity contribution in [3.63, 3.8) is 0 Å². The van der Waals surface area contributed by atoms with Crippen LogP contribution in [0.3, 0.4) is 0 Å². The van der Waals surface area contributed by atoms with E-state index in [1.165, 1.54) is 5.56 Å². The molecule has 0 heterocycles. The number of hydrogen-bond donors (Lipinski definition) is 1. The van der Waals surface area contributed by atoms with Crippen molar-refractivity contribution < 1.29 is 14.2 Å². The predicted molar refractivity (Wildman–Crippen MR) is 97.0 cm³/mol. The molecule has 0 aromatic heterocycles. The summed E-state index contributed by atoms with van der Waals surface area (Å²) in [5.74, 6) is 2.39. The van der Waals surface area contributed by atoms with Gasteiger partial charge in [0.25, 0.3) is 0 Å². The van der Waals surface area contributed by atoms with Gasteiger partial charge in [0.1, 0.15) is 5.75 Å². The Morgan fingerprint density at radius 3 is 2.42 bits per heavy atom. The van der Waals surface area contributed by atoms with Crippen LogP contribution in [0.5, 0.6) is 17.2 Å². The number of ether oxygens (including phenoxy) is 3. The molecular formula is C20H25NO3. The maximum Gasteiger partial charge on any atom is 0.164 e. The summed E-state index contributed by atoms with van der Waals surface area (Å²) in [6.07, 6.45) is 2.61. The van der Waals surface area contributed by atoms with Crippen molar-refractivity contribution in [2.45, 2.75) is 19.5 Å². The first-order chi connectivity index (χ1) is 11.7. The van der Waals surface area contributed by atoms with Crippen LogP contribution in [0.2, 0.25) is 0 Å². The molecule has 0 bridgehead atoms. The van der Waals surface area contributed by atoms with Crippen molar-refractivity contribution in [3.05, 3.63) is 65.7 Å². The molecule has 4 heteroatoms. The molecule has 1 N–H and O–H groups in total. The highest BCUT2D eigenvalue weighted by molar-refractivity contribution is 5.50. The molecule has 24 heavy (non-hydrogen) atoms. The summed E-state index contributed by atoms with van der Waals surface area (Å²) in [4.78, 5) is 0. The van der Waals surface area contributed by atoms with E-state index in [2.05, 4.69) is 24.0 Å². The van der Waals surface area contributed by atoms with Gasteiger partial charge in [-0.3, -0.25) is 0 Å². The van der Waals surface area contributed by atoms with Crippen LogP contribution in [-0.4, -0.2) is 21.3 Å². The monoisotopic (exact) mass is 327 g/mol. The molecule has 2 aromatic carbocycles. The Morgan fingerprint density at radius 2 is 1.75 bits per heavy atom. The first-order valence-electron chi connectivity index (χ1n) is 7.90. The lowest BCUT2D eigenvalue weighted by atomic mass is 10.1. The van der Waals surface area contributed by atoms with Gasteiger partial charge in [-0.15, -0.1) is 6.58 Å². The average molecular weight is 327 g/mol. The molecule has 2 aromatic rings. The maximum atomic E-state index is 5.47. The second-order valence-corrected chi connectivity index (χ2v) is 5.44. The fourth-order valence-electron chi connectivity index (χ4n) is 2.65. The highest BCUT2D eigenvalue weighted by Gasteiger charge is 2.11. The Kier molecular flexibility index (Phi) is 6.70. The number of allylic oxidation sites excluding steroid dienone is 1. The van der Waals surface area contributed by atoms with Crippen molar-refractivity contribution in [3.8, 4) is 17.2 Å². The van der Waals surface area contributed by atoms with Gasteiger partial charge in [-0.1, -0.05) is 24.3 Å². The Hall–Kier alpha value is -2.46. The van der Waals surface area contributed by atoms with Crippen LogP contribution in [0.4, 0.5) is 0 Å². The average Bonchev–Trinajstić information content (AvgIpc) is 2.61. The van der Waals surface area contributed by atoms with Gasteiger partial charge in [0, 0.05) is 18.7 Å². The van der Waals surface area contributed by atoms with E-state index in [9.17, 15) is 0 Å². The minimum absolute atomic E-state index is 0.738. The molecule has 0 unspecified atom stereocenters. The highest BCUT2D eigenvalue weighted by atomic mass is 16.5. The van der Waals surface area contributed by atoms with E-state index in [-0.39, 0.29) is 0 Å².